The minimum Gasteiger partial charge on any atom is -0.375 e. The lowest BCUT2D eigenvalue weighted by Crippen LogP contribution is -2.72. The first-order valence-corrected chi connectivity index (χ1v) is 11.0. The largest absolute Gasteiger partial charge is 0.748 e. The summed E-state index contributed by atoms with van der Waals surface area (Å²) < 4.78 is 32.8. The van der Waals surface area contributed by atoms with E-state index in [0.29, 0.717) is 15.6 Å². The van der Waals surface area contributed by atoms with Gasteiger partial charge >= 0.3 is 9.23 Å². The summed E-state index contributed by atoms with van der Waals surface area (Å²) in [6.45, 7) is 0. The van der Waals surface area contributed by atoms with E-state index in [4.69, 9.17) is 4.12 Å². The Labute approximate surface area is 141 Å². The zero-order chi connectivity index (χ0) is 17.0. The van der Waals surface area contributed by atoms with Crippen molar-refractivity contribution in [2.75, 3.05) is 0 Å². The molecule has 3 aromatic rings. The van der Waals surface area contributed by atoms with Crippen LogP contribution in [-0.4, -0.2) is 22.3 Å². The van der Waals surface area contributed by atoms with Gasteiger partial charge in [0.05, 0.1) is 0 Å². The zero-order valence-electron chi connectivity index (χ0n) is 12.8. The number of benzene rings is 3. The summed E-state index contributed by atoms with van der Waals surface area (Å²) in [6, 6.07) is 27.0. The molecule has 3 rings (SSSR count). The van der Waals surface area contributed by atoms with E-state index in [1.807, 2.05) is 18.2 Å². The lowest BCUT2D eigenvalue weighted by atomic mass is 10.3. The summed E-state index contributed by atoms with van der Waals surface area (Å²) >= 11 is 0. The molecule has 0 radical (unpaired) electrons. The molecule has 0 saturated heterocycles. The Kier molecular flexibility index (Phi) is 4.72. The molecular weight excluding hydrogens is 342 g/mol. The van der Waals surface area contributed by atoms with Crippen LogP contribution in [0.5, 0.6) is 0 Å². The second-order valence-corrected chi connectivity index (χ2v) is 10.3. The summed E-state index contributed by atoms with van der Waals surface area (Å²) in [5.41, 5.74) is 0. The summed E-state index contributed by atoms with van der Waals surface area (Å²) in [7, 11) is -9.28. The van der Waals surface area contributed by atoms with Gasteiger partial charge < -0.3 is 8.91 Å². The first kappa shape index (κ1) is 16.7. The van der Waals surface area contributed by atoms with Gasteiger partial charge in [-0.1, -0.05) is 91.0 Å². The van der Waals surface area contributed by atoms with E-state index in [1.54, 1.807) is 72.8 Å². The van der Waals surface area contributed by atoms with Gasteiger partial charge in [0.1, 0.15) is 0 Å². The monoisotopic (exact) mass is 358 g/mol. The molecule has 0 heterocycles. The summed E-state index contributed by atoms with van der Waals surface area (Å²) in [5.74, 6) is 0. The maximum atomic E-state index is 13.8. The molecule has 0 aliphatic carbocycles. The van der Waals surface area contributed by atoms with Gasteiger partial charge in [-0.15, -0.1) is 0 Å². The third kappa shape index (κ3) is 3.36. The average molecular weight is 358 g/mol. The average Bonchev–Trinajstić information content (AvgIpc) is 2.61. The van der Waals surface area contributed by atoms with Crippen LogP contribution in [0.15, 0.2) is 91.0 Å². The fourth-order valence-electron chi connectivity index (χ4n) is 2.88. The van der Waals surface area contributed by atoms with Crippen molar-refractivity contribution < 1.29 is 17.1 Å². The molecule has 0 spiro atoms. The van der Waals surface area contributed by atoms with Crippen LogP contribution in [0, 0.1) is 0 Å². The van der Waals surface area contributed by atoms with Crippen molar-refractivity contribution in [1.82, 2.24) is 0 Å². The lowest BCUT2D eigenvalue weighted by molar-refractivity contribution is 0.232. The van der Waals surface area contributed by atoms with Crippen LogP contribution in [-0.2, 0) is 4.12 Å². The van der Waals surface area contributed by atoms with Gasteiger partial charge in [-0.3, -0.25) is 0 Å². The maximum Gasteiger partial charge on any atom is 0.748 e. The molecule has 0 aliphatic rings. The Hall–Kier alpha value is -2.13. The number of rotatable bonds is 5. The highest BCUT2D eigenvalue weighted by Gasteiger charge is 2.53. The normalized spacial score (nSPS) is 12.1. The molecule has 1 N–H and O–H groups in total. The van der Waals surface area contributed by atoms with Crippen LogP contribution in [0.25, 0.3) is 0 Å². The van der Waals surface area contributed by atoms with Crippen molar-refractivity contribution in [2.24, 2.45) is 0 Å². The van der Waals surface area contributed by atoms with E-state index in [-0.39, 0.29) is 0 Å². The Morgan fingerprint density at radius 1 is 0.583 bits per heavy atom. The zero-order valence-corrected chi connectivity index (χ0v) is 14.8. The summed E-state index contributed by atoms with van der Waals surface area (Å²) in [5, 5.41) is 2.01. The van der Waals surface area contributed by atoms with Gasteiger partial charge in [-0.25, -0.2) is 8.22 Å². The quantitative estimate of drug-likeness (QED) is 0.430. The van der Waals surface area contributed by atoms with Crippen molar-refractivity contribution in [3.05, 3.63) is 91.0 Å². The van der Waals surface area contributed by atoms with Crippen molar-refractivity contribution in [3.63, 3.8) is 0 Å². The Morgan fingerprint density at radius 3 is 1.12 bits per heavy atom. The highest BCUT2D eigenvalue weighted by molar-refractivity contribution is 7.09. The SMILES string of the molecule is O[Si](F)(F)O[Si](c1ccccc1)(c1ccccc1)c1ccccc1. The molecule has 6 heteroatoms. The van der Waals surface area contributed by atoms with Crippen molar-refractivity contribution in [1.29, 1.82) is 0 Å². The predicted molar refractivity (Wildman–Crippen MR) is 95.3 cm³/mol. The van der Waals surface area contributed by atoms with Gasteiger partial charge in [0.2, 0.25) is 0 Å². The highest BCUT2D eigenvalue weighted by atomic mass is 28.5. The molecule has 0 aromatic heterocycles. The fourth-order valence-corrected chi connectivity index (χ4v) is 8.75. The van der Waals surface area contributed by atoms with Gasteiger partial charge in [-0.2, -0.15) is 0 Å². The van der Waals surface area contributed by atoms with Gasteiger partial charge in [0.15, 0.2) is 0 Å². The molecule has 0 saturated carbocycles. The molecule has 0 fully saturated rings. The topological polar surface area (TPSA) is 29.5 Å². The lowest BCUT2D eigenvalue weighted by Gasteiger charge is -2.33. The summed E-state index contributed by atoms with van der Waals surface area (Å²) in [4.78, 5) is 9.36. The molecule has 2 nitrogen and oxygen atoms in total. The third-order valence-electron chi connectivity index (χ3n) is 3.82. The molecule has 0 unspecified atom stereocenters. The smallest absolute Gasteiger partial charge is 0.375 e. The molecule has 0 bridgehead atoms. The number of hydrogen-bond donors (Lipinski definition) is 1. The van der Waals surface area contributed by atoms with E-state index < -0.39 is 17.5 Å². The third-order valence-corrected chi connectivity index (χ3v) is 9.46. The molecule has 0 amide bonds. The van der Waals surface area contributed by atoms with Crippen LogP contribution in [0.3, 0.4) is 0 Å². The van der Waals surface area contributed by atoms with Gasteiger partial charge in [0, 0.05) is 0 Å². The van der Waals surface area contributed by atoms with Gasteiger partial charge in [-0.05, 0) is 15.6 Å². The Morgan fingerprint density at radius 2 is 0.875 bits per heavy atom. The fraction of sp³-hybridized carbons (Fsp3) is 0. The van der Waals surface area contributed by atoms with Crippen LogP contribution in [0.2, 0.25) is 0 Å². The van der Waals surface area contributed by atoms with Crippen LogP contribution in [0.4, 0.5) is 8.22 Å². The first-order valence-electron chi connectivity index (χ1n) is 7.49. The summed E-state index contributed by atoms with van der Waals surface area (Å²) in [6.07, 6.45) is 0. The van der Waals surface area contributed by atoms with Crippen molar-refractivity contribution >= 4 is 33.1 Å². The van der Waals surface area contributed by atoms with Crippen LogP contribution in [0.1, 0.15) is 0 Å². The van der Waals surface area contributed by atoms with Crippen LogP contribution < -0.4 is 15.6 Å². The Bertz CT molecular complexity index is 682. The van der Waals surface area contributed by atoms with E-state index in [1.165, 1.54) is 0 Å². The standard InChI is InChI=1S/C18H16F2O2Si2/c19-24(20,21)22-23(16-10-4-1-5-11-16,17-12-6-2-7-13-17)18-14-8-3-9-15-18/h1-15,21H. The van der Waals surface area contributed by atoms with Crippen LogP contribution >= 0.6 is 0 Å². The molecular formula is C18H16F2O2Si2. The molecule has 122 valence electrons. The van der Waals surface area contributed by atoms with Crippen molar-refractivity contribution in [3.8, 4) is 0 Å². The second-order valence-electron chi connectivity index (χ2n) is 5.37. The minimum atomic E-state index is -5.78. The number of hydrogen-bond acceptors (Lipinski definition) is 2. The molecule has 3 aromatic carbocycles. The maximum absolute atomic E-state index is 13.8. The molecule has 24 heavy (non-hydrogen) atoms. The van der Waals surface area contributed by atoms with Crippen molar-refractivity contribution in [2.45, 2.75) is 0 Å². The first-order chi connectivity index (χ1) is 11.5. The molecule has 0 aliphatic heterocycles. The van der Waals surface area contributed by atoms with E-state index in [2.05, 4.69) is 0 Å². The van der Waals surface area contributed by atoms with E-state index >= 15 is 0 Å². The number of halogens is 2. The predicted octanol–water partition coefficient (Wildman–Crippen LogP) is 2.04. The van der Waals surface area contributed by atoms with E-state index in [0.717, 1.165) is 0 Å². The second kappa shape index (κ2) is 6.78. The Balaban J connectivity index is 2.33. The highest BCUT2D eigenvalue weighted by Crippen LogP contribution is 2.16. The minimum absolute atomic E-state index is 0.670. The van der Waals surface area contributed by atoms with Gasteiger partial charge in [0.25, 0.3) is 8.32 Å². The molecule has 0 atom stereocenters. The van der Waals surface area contributed by atoms with E-state index in [9.17, 15) is 13.0 Å².